The second-order valence-electron chi connectivity index (χ2n) is 4.61. The Balaban J connectivity index is 2.24. The Labute approximate surface area is 121 Å². The normalized spacial score (nSPS) is 10.3. The van der Waals surface area contributed by atoms with Gasteiger partial charge in [0.05, 0.1) is 12.7 Å². The molecule has 21 heavy (non-hydrogen) atoms. The molecule has 0 saturated carbocycles. The van der Waals surface area contributed by atoms with E-state index >= 15 is 0 Å². The van der Waals surface area contributed by atoms with Crippen molar-refractivity contribution in [3.05, 3.63) is 64.7 Å². The highest BCUT2D eigenvalue weighted by Crippen LogP contribution is 2.20. The molecule has 0 heterocycles. The minimum Gasteiger partial charge on any atom is -0.465 e. The molecule has 0 atom stereocenters. The van der Waals surface area contributed by atoms with E-state index in [4.69, 9.17) is 4.74 Å². The minimum atomic E-state index is -0.897. The van der Waals surface area contributed by atoms with Crippen LogP contribution >= 0.6 is 0 Å². The smallest absolute Gasteiger partial charge is 0.339 e. The minimum absolute atomic E-state index is 0.0661. The third-order valence-electron chi connectivity index (χ3n) is 3.08. The van der Waals surface area contributed by atoms with Gasteiger partial charge >= 0.3 is 5.97 Å². The molecule has 2 aromatic rings. The zero-order valence-corrected chi connectivity index (χ0v) is 11.7. The van der Waals surface area contributed by atoms with Gasteiger partial charge in [0.1, 0.15) is 0 Å². The third kappa shape index (κ3) is 3.37. The summed E-state index contributed by atoms with van der Waals surface area (Å²) in [6.07, 6.45) is 0. The average Bonchev–Trinajstić information content (AvgIpc) is 2.49. The maximum atomic E-state index is 13.6. The largest absolute Gasteiger partial charge is 0.465 e. The van der Waals surface area contributed by atoms with Crippen LogP contribution in [0.1, 0.15) is 21.5 Å². The Hall–Kier alpha value is -2.43. The van der Waals surface area contributed by atoms with Crippen LogP contribution in [0.5, 0.6) is 0 Å². The first-order valence-electron chi connectivity index (χ1n) is 6.38. The van der Waals surface area contributed by atoms with Gasteiger partial charge in [0.25, 0.3) is 0 Å². The Morgan fingerprint density at radius 1 is 1.24 bits per heavy atom. The molecule has 1 N–H and O–H groups in total. The fourth-order valence-electron chi connectivity index (χ4n) is 1.97. The number of aryl methyl sites for hydroxylation is 1. The molecule has 0 unspecified atom stereocenters. The second kappa shape index (κ2) is 6.35. The lowest BCUT2D eigenvalue weighted by Gasteiger charge is -2.12. The molecule has 0 amide bonds. The van der Waals surface area contributed by atoms with Crippen LogP contribution in [0.25, 0.3) is 0 Å². The van der Waals surface area contributed by atoms with Crippen LogP contribution in [0, 0.1) is 18.6 Å². The lowest BCUT2D eigenvalue weighted by molar-refractivity contribution is 0.0601. The molecule has 3 nitrogen and oxygen atoms in total. The van der Waals surface area contributed by atoms with Crippen LogP contribution in [0.2, 0.25) is 0 Å². The van der Waals surface area contributed by atoms with Gasteiger partial charge in [0, 0.05) is 17.8 Å². The number of carbonyl (C=O) groups is 1. The number of anilines is 1. The molecule has 0 bridgehead atoms. The standard InChI is InChI=1S/C16H15F2NO2/c1-10-6-7-14(12(8-10)16(20)21-2)19-9-11-4-3-5-13(17)15(11)18/h3-8,19H,9H2,1-2H3. The second-order valence-corrected chi connectivity index (χ2v) is 4.61. The molecule has 0 fully saturated rings. The predicted octanol–water partition coefficient (Wildman–Crippen LogP) is 3.67. The lowest BCUT2D eigenvalue weighted by Crippen LogP contribution is -2.09. The van der Waals surface area contributed by atoms with Crippen molar-refractivity contribution < 1.29 is 18.3 Å². The zero-order valence-electron chi connectivity index (χ0n) is 11.7. The summed E-state index contributed by atoms with van der Waals surface area (Å²) >= 11 is 0. The van der Waals surface area contributed by atoms with Crippen molar-refractivity contribution in [1.82, 2.24) is 0 Å². The Bertz CT molecular complexity index is 671. The summed E-state index contributed by atoms with van der Waals surface area (Å²) in [6.45, 7) is 1.92. The molecule has 0 spiro atoms. The summed E-state index contributed by atoms with van der Waals surface area (Å²) in [7, 11) is 1.29. The molecule has 0 aliphatic carbocycles. The van der Waals surface area contributed by atoms with Crippen LogP contribution in [0.3, 0.4) is 0 Å². The zero-order chi connectivity index (χ0) is 15.4. The SMILES string of the molecule is COC(=O)c1cc(C)ccc1NCc1cccc(F)c1F. The monoisotopic (exact) mass is 291 g/mol. The van der Waals surface area contributed by atoms with Gasteiger partial charge in [-0.2, -0.15) is 0 Å². The average molecular weight is 291 g/mol. The van der Waals surface area contributed by atoms with E-state index in [0.29, 0.717) is 11.3 Å². The summed E-state index contributed by atoms with van der Waals surface area (Å²) in [5, 5.41) is 2.93. The molecular weight excluding hydrogens is 276 g/mol. The summed E-state index contributed by atoms with van der Waals surface area (Å²) in [5.74, 6) is -2.27. The number of hydrogen-bond donors (Lipinski definition) is 1. The summed E-state index contributed by atoms with van der Waals surface area (Å²) in [5.41, 5.74) is 1.95. The first-order chi connectivity index (χ1) is 10.0. The van der Waals surface area contributed by atoms with Crippen molar-refractivity contribution in [2.45, 2.75) is 13.5 Å². The van der Waals surface area contributed by atoms with Crippen molar-refractivity contribution in [3.8, 4) is 0 Å². The molecule has 0 radical (unpaired) electrons. The third-order valence-corrected chi connectivity index (χ3v) is 3.08. The maximum absolute atomic E-state index is 13.6. The number of rotatable bonds is 4. The first-order valence-corrected chi connectivity index (χ1v) is 6.38. The summed E-state index contributed by atoms with van der Waals surface area (Å²) in [4.78, 5) is 11.7. The van der Waals surface area contributed by atoms with Gasteiger partial charge in [-0.1, -0.05) is 23.8 Å². The van der Waals surface area contributed by atoms with Crippen molar-refractivity contribution in [2.75, 3.05) is 12.4 Å². The van der Waals surface area contributed by atoms with Crippen molar-refractivity contribution in [2.24, 2.45) is 0 Å². The Kier molecular flexibility index (Phi) is 4.52. The number of carbonyl (C=O) groups excluding carboxylic acids is 1. The van der Waals surface area contributed by atoms with Gasteiger partial charge in [-0.05, 0) is 25.1 Å². The van der Waals surface area contributed by atoms with Gasteiger partial charge in [0.15, 0.2) is 11.6 Å². The van der Waals surface area contributed by atoms with Crippen molar-refractivity contribution in [1.29, 1.82) is 0 Å². The van der Waals surface area contributed by atoms with E-state index in [1.807, 2.05) is 13.0 Å². The highest BCUT2D eigenvalue weighted by Gasteiger charge is 2.13. The fraction of sp³-hybridized carbons (Fsp3) is 0.188. The fourth-order valence-corrected chi connectivity index (χ4v) is 1.97. The molecule has 0 aromatic heterocycles. The number of nitrogens with one attached hydrogen (secondary N) is 1. The number of ether oxygens (including phenoxy) is 1. The molecule has 2 rings (SSSR count). The molecule has 0 aliphatic heterocycles. The van der Waals surface area contributed by atoms with Crippen LogP contribution in [-0.2, 0) is 11.3 Å². The van der Waals surface area contributed by atoms with Crippen molar-refractivity contribution >= 4 is 11.7 Å². The van der Waals surface area contributed by atoms with E-state index in [1.54, 1.807) is 12.1 Å². The van der Waals surface area contributed by atoms with Gasteiger partial charge < -0.3 is 10.1 Å². The quantitative estimate of drug-likeness (QED) is 0.873. The molecule has 0 saturated heterocycles. The van der Waals surface area contributed by atoms with Gasteiger partial charge in [-0.15, -0.1) is 0 Å². The van der Waals surface area contributed by atoms with Crippen molar-refractivity contribution in [3.63, 3.8) is 0 Å². The number of hydrogen-bond acceptors (Lipinski definition) is 3. The van der Waals surface area contributed by atoms with Gasteiger partial charge in [-0.3, -0.25) is 0 Å². The Morgan fingerprint density at radius 3 is 2.71 bits per heavy atom. The number of benzene rings is 2. The number of esters is 1. The molecule has 2 aromatic carbocycles. The number of halogens is 2. The Morgan fingerprint density at radius 2 is 2.00 bits per heavy atom. The van der Waals surface area contributed by atoms with Crippen LogP contribution < -0.4 is 5.32 Å². The van der Waals surface area contributed by atoms with E-state index < -0.39 is 17.6 Å². The van der Waals surface area contributed by atoms with E-state index in [9.17, 15) is 13.6 Å². The maximum Gasteiger partial charge on any atom is 0.339 e. The number of methoxy groups -OCH3 is 1. The molecule has 5 heteroatoms. The highest BCUT2D eigenvalue weighted by molar-refractivity contribution is 5.95. The summed E-state index contributed by atoms with van der Waals surface area (Å²) < 4.78 is 31.4. The van der Waals surface area contributed by atoms with Crippen LogP contribution in [0.15, 0.2) is 36.4 Å². The first kappa shape index (κ1) is 15.0. The van der Waals surface area contributed by atoms with E-state index in [1.165, 1.54) is 19.2 Å². The van der Waals surface area contributed by atoms with Crippen LogP contribution in [-0.4, -0.2) is 13.1 Å². The van der Waals surface area contributed by atoms with Gasteiger partial charge in [0.2, 0.25) is 0 Å². The van der Waals surface area contributed by atoms with E-state index in [0.717, 1.165) is 11.6 Å². The van der Waals surface area contributed by atoms with E-state index in [2.05, 4.69) is 5.32 Å². The predicted molar refractivity (Wildman–Crippen MR) is 76.2 cm³/mol. The molecule has 110 valence electrons. The van der Waals surface area contributed by atoms with E-state index in [-0.39, 0.29) is 12.1 Å². The molecular formula is C16H15F2NO2. The topological polar surface area (TPSA) is 38.3 Å². The summed E-state index contributed by atoms with van der Waals surface area (Å²) in [6, 6.07) is 9.18. The van der Waals surface area contributed by atoms with Crippen LogP contribution in [0.4, 0.5) is 14.5 Å². The van der Waals surface area contributed by atoms with Gasteiger partial charge in [-0.25, -0.2) is 13.6 Å². The highest BCUT2D eigenvalue weighted by atomic mass is 19.2. The lowest BCUT2D eigenvalue weighted by atomic mass is 10.1. The molecule has 0 aliphatic rings.